The van der Waals surface area contributed by atoms with Crippen molar-refractivity contribution in [2.24, 2.45) is 0 Å². The number of nitrogens with zero attached hydrogens (tertiary/aromatic N) is 3. The maximum absolute atomic E-state index is 13.4. The van der Waals surface area contributed by atoms with Crippen molar-refractivity contribution in [3.05, 3.63) is 96.4 Å². The number of rotatable bonds is 7. The van der Waals surface area contributed by atoms with Gasteiger partial charge in [-0.25, -0.2) is 14.4 Å². The fourth-order valence-electron chi connectivity index (χ4n) is 3.83. The third-order valence-corrected chi connectivity index (χ3v) is 5.56. The second-order valence-corrected chi connectivity index (χ2v) is 8.13. The lowest BCUT2D eigenvalue weighted by atomic mass is 10.1. The first kappa shape index (κ1) is 21.6. The van der Waals surface area contributed by atoms with E-state index in [1.54, 1.807) is 18.3 Å². The van der Waals surface area contributed by atoms with E-state index in [2.05, 4.69) is 15.3 Å². The zero-order valence-electron chi connectivity index (χ0n) is 18.7. The Hall–Kier alpha value is -4.26. The molecule has 3 aromatic heterocycles. The minimum Gasteiger partial charge on any atom is -0.441 e. The number of aromatic nitrogens is 3. The van der Waals surface area contributed by atoms with E-state index in [0.717, 1.165) is 16.7 Å². The van der Waals surface area contributed by atoms with Crippen molar-refractivity contribution in [1.82, 2.24) is 14.4 Å². The molecule has 0 atom stereocenters. The van der Waals surface area contributed by atoms with Crippen LogP contribution in [0.15, 0.2) is 83.5 Å². The summed E-state index contributed by atoms with van der Waals surface area (Å²) >= 11 is 0. The number of imidazole rings is 1. The van der Waals surface area contributed by atoms with E-state index in [4.69, 9.17) is 4.42 Å². The molecule has 0 bridgehead atoms. The first-order chi connectivity index (χ1) is 16.6. The smallest absolute Gasteiger partial charge is 0.225 e. The number of nitrogens with one attached hydrogen (secondary N) is 1. The molecule has 0 saturated carbocycles. The van der Waals surface area contributed by atoms with E-state index in [1.807, 2.05) is 60.0 Å². The molecule has 0 aliphatic heterocycles. The highest BCUT2D eigenvalue weighted by molar-refractivity contribution is 5.94. The van der Waals surface area contributed by atoms with Gasteiger partial charge in [-0.05, 0) is 55.3 Å². The first-order valence-electron chi connectivity index (χ1n) is 11.1. The number of anilines is 1. The second kappa shape index (κ2) is 9.31. The molecule has 1 N–H and O–H groups in total. The van der Waals surface area contributed by atoms with Crippen LogP contribution >= 0.6 is 0 Å². The second-order valence-electron chi connectivity index (χ2n) is 8.13. The van der Waals surface area contributed by atoms with Crippen molar-refractivity contribution >= 4 is 17.4 Å². The zero-order valence-corrected chi connectivity index (χ0v) is 18.7. The number of carbonyl (C=O) groups is 1. The summed E-state index contributed by atoms with van der Waals surface area (Å²) in [5.41, 5.74) is 4.06. The molecule has 5 rings (SSSR count). The van der Waals surface area contributed by atoms with Crippen LogP contribution in [0.5, 0.6) is 0 Å². The lowest BCUT2D eigenvalue weighted by molar-refractivity contribution is -0.116. The fourth-order valence-corrected chi connectivity index (χ4v) is 3.83. The lowest BCUT2D eigenvalue weighted by Crippen LogP contribution is -2.14. The van der Waals surface area contributed by atoms with Gasteiger partial charge in [-0.15, -0.1) is 0 Å². The highest BCUT2D eigenvalue weighted by Crippen LogP contribution is 2.29. The predicted octanol–water partition coefficient (Wildman–Crippen LogP) is 6.07. The van der Waals surface area contributed by atoms with Gasteiger partial charge >= 0.3 is 0 Å². The van der Waals surface area contributed by atoms with Crippen LogP contribution in [0.25, 0.3) is 28.2 Å². The topological polar surface area (TPSA) is 72.4 Å². The van der Waals surface area contributed by atoms with Gasteiger partial charge in [0, 0.05) is 30.2 Å². The fraction of sp³-hybridized carbons (Fsp3) is 0.148. The molecule has 170 valence electrons. The molecular weight excluding hydrogens is 431 g/mol. The Morgan fingerprint density at radius 2 is 1.85 bits per heavy atom. The van der Waals surface area contributed by atoms with Crippen molar-refractivity contribution in [1.29, 1.82) is 0 Å². The molecule has 3 heterocycles. The third kappa shape index (κ3) is 4.59. The van der Waals surface area contributed by atoms with Gasteiger partial charge in [0.25, 0.3) is 0 Å². The van der Waals surface area contributed by atoms with E-state index >= 15 is 0 Å². The predicted molar refractivity (Wildman–Crippen MR) is 129 cm³/mol. The molecule has 0 aliphatic carbocycles. The van der Waals surface area contributed by atoms with Crippen molar-refractivity contribution in [2.75, 3.05) is 5.32 Å². The average molecular weight is 455 g/mol. The van der Waals surface area contributed by atoms with Gasteiger partial charge in [0.1, 0.15) is 23.0 Å². The van der Waals surface area contributed by atoms with E-state index in [0.29, 0.717) is 48.1 Å². The summed E-state index contributed by atoms with van der Waals surface area (Å²) < 4.78 is 21.1. The number of benzene rings is 2. The molecule has 1 amide bonds. The molecule has 5 aromatic rings. The number of oxazole rings is 1. The van der Waals surface area contributed by atoms with Crippen molar-refractivity contribution in [3.8, 4) is 22.6 Å². The molecule has 6 nitrogen and oxygen atoms in total. The number of hydrogen-bond donors (Lipinski definition) is 1. The Balaban J connectivity index is 1.29. The summed E-state index contributed by atoms with van der Waals surface area (Å²) in [6, 6.07) is 19.8. The number of hydrogen-bond acceptors (Lipinski definition) is 4. The maximum atomic E-state index is 13.4. The van der Waals surface area contributed by atoms with Crippen LogP contribution in [-0.2, 0) is 11.2 Å². The highest BCUT2D eigenvalue weighted by atomic mass is 19.1. The van der Waals surface area contributed by atoms with Crippen LogP contribution in [0.2, 0.25) is 0 Å². The molecule has 34 heavy (non-hydrogen) atoms. The average Bonchev–Trinajstić information content (AvgIpc) is 3.45. The number of carbonyl (C=O) groups excluding carboxylic acids is 1. The van der Waals surface area contributed by atoms with Crippen LogP contribution in [-0.4, -0.2) is 20.3 Å². The summed E-state index contributed by atoms with van der Waals surface area (Å²) in [6.45, 7) is 1.98. The molecule has 0 radical (unpaired) electrons. The van der Waals surface area contributed by atoms with Crippen LogP contribution in [0, 0.1) is 12.7 Å². The number of aryl methyl sites for hydroxylation is 2. The number of fused-ring (bicyclic) bond motifs is 1. The summed E-state index contributed by atoms with van der Waals surface area (Å²) in [5.74, 6) is 1.42. The minimum absolute atomic E-state index is 0.138. The molecule has 0 unspecified atom stereocenters. The molecular formula is C27H23FN4O2. The Morgan fingerprint density at radius 1 is 1.06 bits per heavy atom. The standard InChI is InChI=1S/C27H23FN4O2/c1-18-14-15-32-23(16-18)30-26(20-10-12-21(28)13-11-20)27(32)31-24(33)8-5-9-25-29-17-22(34-25)19-6-3-2-4-7-19/h2-4,6-7,10-17H,5,8-9H2,1H3,(H,31,33). The minimum atomic E-state index is -0.323. The van der Waals surface area contributed by atoms with Gasteiger partial charge in [0.2, 0.25) is 5.91 Å². The Bertz CT molecular complexity index is 1440. The SMILES string of the molecule is Cc1ccn2c(NC(=O)CCCc3ncc(-c4ccccc4)o3)c(-c3ccc(F)cc3)nc2c1. The van der Waals surface area contributed by atoms with E-state index in [-0.39, 0.29) is 11.7 Å². The summed E-state index contributed by atoms with van der Waals surface area (Å²) in [4.78, 5) is 21.8. The van der Waals surface area contributed by atoms with Gasteiger partial charge in [0.15, 0.2) is 11.7 Å². The Labute approximate surface area is 196 Å². The van der Waals surface area contributed by atoms with Crippen LogP contribution in [0.4, 0.5) is 10.2 Å². The molecule has 0 saturated heterocycles. The van der Waals surface area contributed by atoms with Crippen molar-refractivity contribution in [2.45, 2.75) is 26.2 Å². The quantitative estimate of drug-likeness (QED) is 0.324. The molecule has 0 spiro atoms. The van der Waals surface area contributed by atoms with E-state index in [9.17, 15) is 9.18 Å². The monoisotopic (exact) mass is 454 g/mol. The lowest BCUT2D eigenvalue weighted by Gasteiger charge is -2.08. The van der Waals surface area contributed by atoms with Crippen LogP contribution in [0.3, 0.4) is 0 Å². The van der Waals surface area contributed by atoms with Crippen LogP contribution in [0.1, 0.15) is 24.3 Å². The van der Waals surface area contributed by atoms with Crippen molar-refractivity contribution in [3.63, 3.8) is 0 Å². The molecule has 0 fully saturated rings. The van der Waals surface area contributed by atoms with Gasteiger partial charge < -0.3 is 9.73 Å². The maximum Gasteiger partial charge on any atom is 0.225 e. The van der Waals surface area contributed by atoms with Gasteiger partial charge in [0.05, 0.1) is 6.20 Å². The first-order valence-corrected chi connectivity index (χ1v) is 11.1. The van der Waals surface area contributed by atoms with E-state index < -0.39 is 0 Å². The molecule has 7 heteroatoms. The highest BCUT2D eigenvalue weighted by Gasteiger charge is 2.17. The third-order valence-electron chi connectivity index (χ3n) is 5.56. The van der Waals surface area contributed by atoms with Crippen LogP contribution < -0.4 is 5.32 Å². The number of amides is 1. The number of halogens is 1. The summed E-state index contributed by atoms with van der Waals surface area (Å²) in [7, 11) is 0. The normalized spacial score (nSPS) is 11.1. The Kier molecular flexibility index (Phi) is 5.91. The molecule has 2 aromatic carbocycles. The summed E-state index contributed by atoms with van der Waals surface area (Å²) in [5, 5.41) is 3.00. The van der Waals surface area contributed by atoms with Crippen molar-refractivity contribution < 1.29 is 13.6 Å². The summed E-state index contributed by atoms with van der Waals surface area (Å²) in [6.07, 6.45) is 5.02. The van der Waals surface area contributed by atoms with Gasteiger partial charge in [-0.3, -0.25) is 9.20 Å². The zero-order chi connectivity index (χ0) is 23.5. The number of pyridine rings is 1. The van der Waals surface area contributed by atoms with Gasteiger partial charge in [-0.2, -0.15) is 0 Å². The largest absolute Gasteiger partial charge is 0.441 e. The Morgan fingerprint density at radius 3 is 2.65 bits per heavy atom. The van der Waals surface area contributed by atoms with Gasteiger partial charge in [-0.1, -0.05) is 30.3 Å². The van der Waals surface area contributed by atoms with E-state index in [1.165, 1.54) is 12.1 Å². The molecule has 0 aliphatic rings.